The average molecular weight is 329 g/mol. The molecule has 0 N–H and O–H groups in total. The van der Waals surface area contributed by atoms with Crippen LogP contribution in [0.4, 0.5) is 0 Å². The van der Waals surface area contributed by atoms with Crippen molar-refractivity contribution in [3.8, 4) is 11.4 Å². The van der Waals surface area contributed by atoms with Crippen LogP contribution < -0.4 is 0 Å². The first-order chi connectivity index (χ1) is 11.8. The van der Waals surface area contributed by atoms with Crippen LogP contribution in [0.3, 0.4) is 0 Å². The standard InChI is InChI=1S/C16H19N5O3/c22-14(21-4-6-23-7-5-21)11-20-9-13(10-20)16-18-15(19-24-16)12-2-1-3-17-8-12/h1-3,8,13H,4-7,9-11H2. The van der Waals surface area contributed by atoms with Crippen LogP contribution in [0.1, 0.15) is 11.8 Å². The molecular formula is C16H19N5O3. The molecule has 2 aliphatic heterocycles. The topological polar surface area (TPSA) is 84.6 Å². The van der Waals surface area contributed by atoms with Gasteiger partial charge in [-0.3, -0.25) is 14.7 Å². The number of ether oxygens (including phenoxy) is 1. The number of carbonyl (C=O) groups is 1. The smallest absolute Gasteiger partial charge is 0.236 e. The van der Waals surface area contributed by atoms with Gasteiger partial charge in [-0.1, -0.05) is 5.16 Å². The molecule has 2 saturated heterocycles. The first-order valence-electron chi connectivity index (χ1n) is 8.11. The van der Waals surface area contributed by atoms with Crippen molar-refractivity contribution in [2.24, 2.45) is 0 Å². The van der Waals surface area contributed by atoms with Gasteiger partial charge >= 0.3 is 0 Å². The predicted molar refractivity (Wildman–Crippen MR) is 84.1 cm³/mol. The van der Waals surface area contributed by atoms with E-state index in [2.05, 4.69) is 20.0 Å². The molecule has 0 unspecified atom stereocenters. The molecule has 0 saturated carbocycles. The molecule has 2 aliphatic rings. The summed E-state index contributed by atoms with van der Waals surface area (Å²) in [5, 5.41) is 4.02. The third-order valence-electron chi connectivity index (χ3n) is 4.39. The second kappa shape index (κ2) is 6.66. The molecule has 0 spiro atoms. The van der Waals surface area contributed by atoms with Crippen LogP contribution in [0.5, 0.6) is 0 Å². The second-order valence-corrected chi connectivity index (χ2v) is 6.08. The van der Waals surface area contributed by atoms with Gasteiger partial charge in [-0.15, -0.1) is 0 Å². The van der Waals surface area contributed by atoms with Crippen molar-refractivity contribution >= 4 is 5.91 Å². The molecule has 8 nitrogen and oxygen atoms in total. The highest BCUT2D eigenvalue weighted by molar-refractivity contribution is 5.78. The number of likely N-dealkylation sites (tertiary alicyclic amines) is 1. The molecule has 0 aliphatic carbocycles. The summed E-state index contributed by atoms with van der Waals surface area (Å²) in [6.07, 6.45) is 3.42. The van der Waals surface area contributed by atoms with E-state index in [1.54, 1.807) is 12.4 Å². The number of morpholine rings is 1. The predicted octanol–water partition coefficient (Wildman–Crippen LogP) is 0.390. The summed E-state index contributed by atoms with van der Waals surface area (Å²) in [6.45, 7) is 4.62. The highest BCUT2D eigenvalue weighted by atomic mass is 16.5. The number of hydrogen-bond acceptors (Lipinski definition) is 7. The lowest BCUT2D eigenvalue weighted by molar-refractivity contribution is -0.137. The van der Waals surface area contributed by atoms with Crippen LogP contribution in [0, 0.1) is 0 Å². The van der Waals surface area contributed by atoms with E-state index >= 15 is 0 Å². The minimum Gasteiger partial charge on any atom is -0.378 e. The van der Waals surface area contributed by atoms with Crippen LogP contribution in [-0.4, -0.2) is 76.8 Å². The van der Waals surface area contributed by atoms with Crippen molar-refractivity contribution < 1.29 is 14.1 Å². The average Bonchev–Trinajstić information content (AvgIpc) is 3.08. The normalized spacial score (nSPS) is 19.2. The Balaban J connectivity index is 1.30. The Kier molecular flexibility index (Phi) is 4.22. The highest BCUT2D eigenvalue weighted by Gasteiger charge is 2.34. The van der Waals surface area contributed by atoms with Gasteiger partial charge in [0.05, 0.1) is 25.7 Å². The zero-order valence-electron chi connectivity index (χ0n) is 13.3. The maximum Gasteiger partial charge on any atom is 0.236 e. The van der Waals surface area contributed by atoms with Crippen molar-refractivity contribution in [2.75, 3.05) is 45.9 Å². The van der Waals surface area contributed by atoms with Gasteiger partial charge in [0.15, 0.2) is 0 Å². The summed E-state index contributed by atoms with van der Waals surface area (Å²) in [4.78, 5) is 24.7. The van der Waals surface area contributed by atoms with Crippen LogP contribution in [-0.2, 0) is 9.53 Å². The number of amides is 1. The molecule has 126 valence electrons. The summed E-state index contributed by atoms with van der Waals surface area (Å²) < 4.78 is 10.6. The maximum absolute atomic E-state index is 12.2. The van der Waals surface area contributed by atoms with Gasteiger partial charge in [-0.25, -0.2) is 0 Å². The lowest BCUT2D eigenvalue weighted by Gasteiger charge is -2.38. The summed E-state index contributed by atoms with van der Waals surface area (Å²) in [5.41, 5.74) is 0.839. The Hall–Kier alpha value is -2.32. The first-order valence-corrected chi connectivity index (χ1v) is 8.11. The number of rotatable bonds is 4. The number of carbonyl (C=O) groups excluding carboxylic acids is 1. The van der Waals surface area contributed by atoms with Crippen molar-refractivity contribution in [2.45, 2.75) is 5.92 Å². The summed E-state index contributed by atoms with van der Waals surface area (Å²) in [7, 11) is 0. The minimum absolute atomic E-state index is 0.165. The van der Waals surface area contributed by atoms with Gasteiger partial charge in [-0.05, 0) is 12.1 Å². The molecule has 2 aromatic rings. The van der Waals surface area contributed by atoms with E-state index in [4.69, 9.17) is 9.26 Å². The fourth-order valence-electron chi connectivity index (χ4n) is 2.97. The molecule has 0 atom stereocenters. The van der Waals surface area contributed by atoms with E-state index in [9.17, 15) is 4.79 Å². The lowest BCUT2D eigenvalue weighted by Crippen LogP contribution is -2.52. The Morgan fingerprint density at radius 1 is 1.29 bits per heavy atom. The second-order valence-electron chi connectivity index (χ2n) is 6.08. The van der Waals surface area contributed by atoms with E-state index in [0.29, 0.717) is 44.6 Å². The van der Waals surface area contributed by atoms with Gasteiger partial charge in [0.2, 0.25) is 17.6 Å². The molecule has 2 aromatic heterocycles. The molecule has 2 fully saturated rings. The zero-order chi connectivity index (χ0) is 16.4. The fraction of sp³-hybridized carbons (Fsp3) is 0.500. The molecule has 4 rings (SSSR count). The third-order valence-corrected chi connectivity index (χ3v) is 4.39. The third kappa shape index (κ3) is 3.15. The van der Waals surface area contributed by atoms with Crippen molar-refractivity contribution in [1.82, 2.24) is 24.9 Å². The number of nitrogens with zero attached hydrogens (tertiary/aromatic N) is 5. The van der Waals surface area contributed by atoms with Gasteiger partial charge in [-0.2, -0.15) is 4.98 Å². The van der Waals surface area contributed by atoms with Crippen LogP contribution in [0.15, 0.2) is 29.0 Å². The SMILES string of the molecule is O=C(CN1CC(c2nc(-c3cccnc3)no2)C1)N1CCOCC1. The molecule has 0 bridgehead atoms. The first kappa shape index (κ1) is 15.2. The Labute approximate surface area is 139 Å². The van der Waals surface area contributed by atoms with Crippen LogP contribution >= 0.6 is 0 Å². The lowest BCUT2D eigenvalue weighted by atomic mass is 10.00. The largest absolute Gasteiger partial charge is 0.378 e. The minimum atomic E-state index is 0.165. The van der Waals surface area contributed by atoms with Gasteiger partial charge in [0, 0.05) is 44.1 Å². The van der Waals surface area contributed by atoms with E-state index in [-0.39, 0.29) is 11.8 Å². The molecule has 4 heterocycles. The van der Waals surface area contributed by atoms with Crippen molar-refractivity contribution in [1.29, 1.82) is 0 Å². The molecule has 1 amide bonds. The summed E-state index contributed by atoms with van der Waals surface area (Å²) in [5.74, 6) is 1.55. The van der Waals surface area contributed by atoms with Crippen molar-refractivity contribution in [3.63, 3.8) is 0 Å². The molecule has 0 radical (unpaired) electrons. The Morgan fingerprint density at radius 3 is 2.88 bits per heavy atom. The van der Waals surface area contributed by atoms with Gasteiger partial charge < -0.3 is 14.2 Å². The highest BCUT2D eigenvalue weighted by Crippen LogP contribution is 2.27. The van der Waals surface area contributed by atoms with E-state index in [0.717, 1.165) is 18.7 Å². The molecule has 8 heteroatoms. The zero-order valence-corrected chi connectivity index (χ0v) is 13.3. The molecule has 24 heavy (non-hydrogen) atoms. The number of hydrogen-bond donors (Lipinski definition) is 0. The number of pyridine rings is 1. The van der Waals surface area contributed by atoms with Crippen LogP contribution in [0.2, 0.25) is 0 Å². The van der Waals surface area contributed by atoms with E-state index in [1.165, 1.54) is 0 Å². The molecular weight excluding hydrogens is 310 g/mol. The monoisotopic (exact) mass is 329 g/mol. The Morgan fingerprint density at radius 2 is 2.12 bits per heavy atom. The van der Waals surface area contributed by atoms with E-state index in [1.807, 2.05) is 17.0 Å². The Bertz CT molecular complexity index is 693. The van der Waals surface area contributed by atoms with E-state index < -0.39 is 0 Å². The summed E-state index contributed by atoms with van der Waals surface area (Å²) >= 11 is 0. The molecule has 0 aromatic carbocycles. The van der Waals surface area contributed by atoms with Crippen molar-refractivity contribution in [3.05, 3.63) is 30.4 Å². The van der Waals surface area contributed by atoms with Crippen LogP contribution in [0.25, 0.3) is 11.4 Å². The fourth-order valence-corrected chi connectivity index (χ4v) is 2.97. The quantitative estimate of drug-likeness (QED) is 0.802. The van der Waals surface area contributed by atoms with Gasteiger partial charge in [0.25, 0.3) is 0 Å². The summed E-state index contributed by atoms with van der Waals surface area (Å²) in [6, 6.07) is 3.74. The maximum atomic E-state index is 12.2. The van der Waals surface area contributed by atoms with Gasteiger partial charge in [0.1, 0.15) is 0 Å². The number of aromatic nitrogens is 3.